The molecule has 2 nitrogen and oxygen atoms in total. The van der Waals surface area contributed by atoms with Crippen molar-refractivity contribution < 1.29 is 9.50 Å². The first-order valence-electron chi connectivity index (χ1n) is 4.04. The van der Waals surface area contributed by atoms with Gasteiger partial charge in [-0.15, -0.1) is 0 Å². The topological polar surface area (TPSA) is 46.2 Å². The average Bonchev–Trinajstić information content (AvgIpc) is 2.16. The predicted octanol–water partition coefficient (Wildman–Crippen LogP) is 1.16. The van der Waals surface area contributed by atoms with Crippen LogP contribution in [0.15, 0.2) is 30.3 Å². The van der Waals surface area contributed by atoms with Gasteiger partial charge in [0.05, 0.1) is 6.10 Å². The van der Waals surface area contributed by atoms with E-state index >= 15 is 0 Å². The Morgan fingerprint density at radius 1 is 1.38 bits per heavy atom. The molecule has 3 heteroatoms. The summed E-state index contributed by atoms with van der Waals surface area (Å²) >= 11 is 0. The Morgan fingerprint density at radius 3 is 2.54 bits per heavy atom. The van der Waals surface area contributed by atoms with E-state index in [0.29, 0.717) is 0 Å². The summed E-state index contributed by atoms with van der Waals surface area (Å²) in [6, 6.07) is 6.01. The highest BCUT2D eigenvalue weighted by atomic mass is 19.1. The summed E-state index contributed by atoms with van der Waals surface area (Å²) in [6.45, 7) is 0.192. The Labute approximate surface area is 76.5 Å². The van der Waals surface area contributed by atoms with E-state index in [-0.39, 0.29) is 12.4 Å². The van der Waals surface area contributed by atoms with Crippen molar-refractivity contribution in [2.45, 2.75) is 6.10 Å². The summed E-state index contributed by atoms with van der Waals surface area (Å²) in [5, 5.41) is 9.09. The zero-order valence-electron chi connectivity index (χ0n) is 7.15. The minimum atomic E-state index is -0.634. The molecule has 0 radical (unpaired) electrons. The van der Waals surface area contributed by atoms with Crippen LogP contribution in [-0.2, 0) is 0 Å². The van der Waals surface area contributed by atoms with Gasteiger partial charge in [0.25, 0.3) is 0 Å². The SMILES string of the molecule is NCC(O)/C=C/c1ccc(F)cc1. The summed E-state index contributed by atoms with van der Waals surface area (Å²) in [7, 11) is 0. The molecule has 0 aliphatic carbocycles. The largest absolute Gasteiger partial charge is 0.388 e. The maximum atomic E-state index is 12.5. The highest BCUT2D eigenvalue weighted by Crippen LogP contribution is 2.04. The summed E-state index contributed by atoms with van der Waals surface area (Å²) in [5.41, 5.74) is 6.04. The molecule has 70 valence electrons. The van der Waals surface area contributed by atoms with Crippen LogP contribution in [0.3, 0.4) is 0 Å². The lowest BCUT2D eigenvalue weighted by molar-refractivity contribution is 0.232. The van der Waals surface area contributed by atoms with Crippen LogP contribution in [0.4, 0.5) is 4.39 Å². The second-order valence-electron chi connectivity index (χ2n) is 2.71. The third-order valence-corrected chi connectivity index (χ3v) is 1.62. The summed E-state index contributed by atoms with van der Waals surface area (Å²) in [5.74, 6) is -0.267. The van der Waals surface area contributed by atoms with Gasteiger partial charge < -0.3 is 10.8 Å². The molecule has 0 amide bonds. The highest BCUT2D eigenvalue weighted by Gasteiger charge is 1.93. The molecule has 13 heavy (non-hydrogen) atoms. The first-order valence-corrected chi connectivity index (χ1v) is 4.04. The molecule has 1 aromatic carbocycles. The van der Waals surface area contributed by atoms with Gasteiger partial charge in [-0.05, 0) is 17.7 Å². The molecule has 0 heterocycles. The van der Waals surface area contributed by atoms with E-state index in [9.17, 15) is 4.39 Å². The number of nitrogens with two attached hydrogens (primary N) is 1. The maximum Gasteiger partial charge on any atom is 0.123 e. The molecule has 0 aliphatic heterocycles. The molecule has 1 rings (SSSR count). The average molecular weight is 181 g/mol. The molecular weight excluding hydrogens is 169 g/mol. The lowest BCUT2D eigenvalue weighted by Gasteiger charge is -1.98. The molecule has 1 unspecified atom stereocenters. The van der Waals surface area contributed by atoms with Gasteiger partial charge in [-0.3, -0.25) is 0 Å². The smallest absolute Gasteiger partial charge is 0.123 e. The monoisotopic (exact) mass is 181 g/mol. The van der Waals surface area contributed by atoms with Crippen LogP contribution in [0, 0.1) is 5.82 Å². The van der Waals surface area contributed by atoms with Crippen LogP contribution in [0.1, 0.15) is 5.56 Å². The molecule has 1 atom stereocenters. The number of hydrogen-bond acceptors (Lipinski definition) is 2. The lowest BCUT2D eigenvalue weighted by atomic mass is 10.2. The number of benzene rings is 1. The van der Waals surface area contributed by atoms with Crippen molar-refractivity contribution in [3.8, 4) is 0 Å². The van der Waals surface area contributed by atoms with Gasteiger partial charge in [-0.2, -0.15) is 0 Å². The first-order chi connectivity index (χ1) is 6.22. The van der Waals surface area contributed by atoms with E-state index in [2.05, 4.69) is 0 Å². The number of rotatable bonds is 3. The fraction of sp³-hybridized carbons (Fsp3) is 0.200. The van der Waals surface area contributed by atoms with Gasteiger partial charge in [0.1, 0.15) is 5.82 Å². The Kier molecular flexibility index (Phi) is 3.61. The standard InChI is InChI=1S/C10H12FNO/c11-9-4-1-8(2-5-9)3-6-10(13)7-12/h1-6,10,13H,7,12H2/b6-3+. The second kappa shape index (κ2) is 4.74. The predicted molar refractivity (Wildman–Crippen MR) is 50.5 cm³/mol. The van der Waals surface area contributed by atoms with E-state index < -0.39 is 6.10 Å². The third-order valence-electron chi connectivity index (χ3n) is 1.62. The Balaban J connectivity index is 2.64. The van der Waals surface area contributed by atoms with Crippen LogP contribution in [-0.4, -0.2) is 17.8 Å². The molecule has 0 aromatic heterocycles. The van der Waals surface area contributed by atoms with Crippen molar-refractivity contribution in [2.75, 3.05) is 6.54 Å². The van der Waals surface area contributed by atoms with Crippen molar-refractivity contribution in [1.29, 1.82) is 0 Å². The fourth-order valence-corrected chi connectivity index (χ4v) is 0.875. The van der Waals surface area contributed by atoms with Gasteiger partial charge in [0, 0.05) is 6.54 Å². The van der Waals surface area contributed by atoms with Crippen molar-refractivity contribution >= 4 is 6.08 Å². The van der Waals surface area contributed by atoms with Crippen LogP contribution >= 0.6 is 0 Å². The number of aliphatic hydroxyl groups excluding tert-OH is 1. The summed E-state index contributed by atoms with van der Waals surface area (Å²) in [4.78, 5) is 0. The van der Waals surface area contributed by atoms with Crippen molar-refractivity contribution in [1.82, 2.24) is 0 Å². The molecule has 0 bridgehead atoms. The van der Waals surface area contributed by atoms with E-state index in [4.69, 9.17) is 10.8 Å². The molecule has 0 saturated carbocycles. The summed E-state index contributed by atoms with van der Waals surface area (Å²) in [6.07, 6.45) is 2.65. The van der Waals surface area contributed by atoms with E-state index in [0.717, 1.165) is 5.56 Å². The summed E-state index contributed by atoms with van der Waals surface area (Å²) < 4.78 is 12.5. The van der Waals surface area contributed by atoms with Crippen molar-refractivity contribution in [3.05, 3.63) is 41.7 Å². The molecule has 3 N–H and O–H groups in total. The third kappa shape index (κ3) is 3.36. The molecule has 0 spiro atoms. The number of halogens is 1. The van der Waals surface area contributed by atoms with Gasteiger partial charge in [0.15, 0.2) is 0 Å². The van der Waals surface area contributed by atoms with Gasteiger partial charge in [-0.1, -0.05) is 24.3 Å². The van der Waals surface area contributed by atoms with Gasteiger partial charge in [0.2, 0.25) is 0 Å². The molecular formula is C10H12FNO. The molecule has 1 aromatic rings. The molecule has 0 fully saturated rings. The fourth-order valence-electron chi connectivity index (χ4n) is 0.875. The Bertz CT molecular complexity index is 281. The van der Waals surface area contributed by atoms with Gasteiger partial charge in [-0.25, -0.2) is 4.39 Å². The van der Waals surface area contributed by atoms with E-state index in [1.807, 2.05) is 0 Å². The van der Waals surface area contributed by atoms with E-state index in [1.54, 1.807) is 24.3 Å². The minimum absolute atomic E-state index is 0.192. The lowest BCUT2D eigenvalue weighted by Crippen LogP contribution is -2.16. The second-order valence-corrected chi connectivity index (χ2v) is 2.71. The van der Waals surface area contributed by atoms with Crippen LogP contribution in [0.5, 0.6) is 0 Å². The molecule has 0 saturated heterocycles. The normalized spacial score (nSPS) is 13.5. The van der Waals surface area contributed by atoms with Crippen LogP contribution in [0.2, 0.25) is 0 Å². The first kappa shape index (κ1) is 9.89. The number of hydrogen-bond donors (Lipinski definition) is 2. The van der Waals surface area contributed by atoms with Crippen molar-refractivity contribution in [2.24, 2.45) is 5.73 Å². The minimum Gasteiger partial charge on any atom is -0.388 e. The van der Waals surface area contributed by atoms with Crippen LogP contribution < -0.4 is 5.73 Å². The number of aliphatic hydroxyl groups is 1. The Morgan fingerprint density at radius 2 is 2.00 bits per heavy atom. The maximum absolute atomic E-state index is 12.5. The Hall–Kier alpha value is -1.19. The zero-order valence-corrected chi connectivity index (χ0v) is 7.15. The molecule has 0 aliphatic rings. The van der Waals surface area contributed by atoms with Crippen LogP contribution in [0.25, 0.3) is 6.08 Å². The highest BCUT2D eigenvalue weighted by molar-refractivity contribution is 5.49. The quantitative estimate of drug-likeness (QED) is 0.735. The van der Waals surface area contributed by atoms with Gasteiger partial charge >= 0.3 is 0 Å². The van der Waals surface area contributed by atoms with E-state index in [1.165, 1.54) is 12.1 Å². The van der Waals surface area contributed by atoms with Crippen molar-refractivity contribution in [3.63, 3.8) is 0 Å². The zero-order chi connectivity index (χ0) is 9.68.